The van der Waals surface area contributed by atoms with Crippen molar-refractivity contribution in [2.45, 2.75) is 38.5 Å². The minimum Gasteiger partial charge on any atom is -0.330 e. The first-order valence-corrected chi connectivity index (χ1v) is 7.85. The summed E-state index contributed by atoms with van der Waals surface area (Å²) in [7, 11) is 0. The molecule has 0 fully saturated rings. The summed E-state index contributed by atoms with van der Waals surface area (Å²) in [4.78, 5) is 4.83. The molecule has 0 saturated carbocycles. The topological polar surface area (TPSA) is 38.9 Å². The summed E-state index contributed by atoms with van der Waals surface area (Å²) >= 11 is 1.77. The van der Waals surface area contributed by atoms with Gasteiger partial charge in [0.2, 0.25) is 0 Å². The molecule has 0 atom stereocenters. The highest BCUT2D eigenvalue weighted by molar-refractivity contribution is 7.09. The Morgan fingerprint density at radius 2 is 1.84 bits per heavy atom. The SMILES string of the molecule is CCC(CC)(c1ccccc1)c1nc(CCN)cs1. The molecule has 0 bridgehead atoms. The van der Waals surface area contributed by atoms with Gasteiger partial charge in [0, 0.05) is 17.2 Å². The lowest BCUT2D eigenvalue weighted by atomic mass is 9.76. The number of aromatic nitrogens is 1. The van der Waals surface area contributed by atoms with Gasteiger partial charge in [-0.2, -0.15) is 0 Å². The van der Waals surface area contributed by atoms with Crippen LogP contribution in [0, 0.1) is 0 Å². The monoisotopic (exact) mass is 274 g/mol. The lowest BCUT2D eigenvalue weighted by Gasteiger charge is -2.30. The van der Waals surface area contributed by atoms with Gasteiger partial charge in [-0.1, -0.05) is 44.2 Å². The first kappa shape index (κ1) is 14.2. The van der Waals surface area contributed by atoms with Crippen molar-refractivity contribution in [1.29, 1.82) is 0 Å². The maximum atomic E-state index is 5.62. The van der Waals surface area contributed by atoms with Crippen LogP contribution in [0.5, 0.6) is 0 Å². The van der Waals surface area contributed by atoms with Gasteiger partial charge in [0.1, 0.15) is 5.01 Å². The first-order valence-electron chi connectivity index (χ1n) is 6.97. The van der Waals surface area contributed by atoms with Crippen molar-refractivity contribution in [1.82, 2.24) is 4.98 Å². The van der Waals surface area contributed by atoms with Crippen LogP contribution in [0.3, 0.4) is 0 Å². The van der Waals surface area contributed by atoms with Crippen molar-refractivity contribution in [2.75, 3.05) is 6.54 Å². The molecule has 3 heteroatoms. The number of rotatable bonds is 6. The normalized spacial score (nSPS) is 11.7. The molecule has 0 radical (unpaired) electrons. The van der Waals surface area contributed by atoms with Crippen LogP contribution in [0.4, 0.5) is 0 Å². The second-order valence-electron chi connectivity index (χ2n) is 4.84. The highest BCUT2D eigenvalue weighted by atomic mass is 32.1. The van der Waals surface area contributed by atoms with Crippen molar-refractivity contribution in [3.8, 4) is 0 Å². The Morgan fingerprint density at radius 3 is 2.42 bits per heavy atom. The number of thiazole rings is 1. The standard InChI is InChI=1S/C16H22N2S/c1-3-16(4-2,13-8-6-5-7-9-13)15-18-14(10-11-17)12-19-15/h5-9,12H,3-4,10-11,17H2,1-2H3. The maximum absolute atomic E-state index is 5.62. The van der Waals surface area contributed by atoms with Crippen molar-refractivity contribution in [3.63, 3.8) is 0 Å². The third-order valence-corrected chi connectivity index (χ3v) is 4.99. The Balaban J connectivity index is 2.43. The highest BCUT2D eigenvalue weighted by Gasteiger charge is 2.33. The van der Waals surface area contributed by atoms with Gasteiger partial charge in [0.05, 0.1) is 5.69 Å². The van der Waals surface area contributed by atoms with E-state index in [2.05, 4.69) is 49.6 Å². The van der Waals surface area contributed by atoms with Crippen LogP contribution >= 0.6 is 11.3 Å². The quantitative estimate of drug-likeness (QED) is 0.871. The van der Waals surface area contributed by atoms with E-state index in [0.717, 1.165) is 25.0 Å². The van der Waals surface area contributed by atoms with Crippen LogP contribution in [-0.4, -0.2) is 11.5 Å². The number of nitrogens with two attached hydrogens (primary N) is 1. The highest BCUT2D eigenvalue weighted by Crippen LogP contribution is 2.40. The van der Waals surface area contributed by atoms with E-state index in [9.17, 15) is 0 Å². The molecule has 2 rings (SSSR count). The lowest BCUT2D eigenvalue weighted by molar-refractivity contribution is 0.474. The fraction of sp³-hybridized carbons (Fsp3) is 0.438. The van der Waals surface area contributed by atoms with Crippen molar-refractivity contribution >= 4 is 11.3 Å². The molecule has 1 aromatic heterocycles. The molecule has 2 N–H and O–H groups in total. The largest absolute Gasteiger partial charge is 0.330 e. The molecular weight excluding hydrogens is 252 g/mol. The molecule has 102 valence electrons. The number of hydrogen-bond acceptors (Lipinski definition) is 3. The fourth-order valence-electron chi connectivity index (χ4n) is 2.63. The third-order valence-electron chi connectivity index (χ3n) is 3.90. The van der Waals surface area contributed by atoms with Gasteiger partial charge in [-0.25, -0.2) is 4.98 Å². The molecule has 2 aromatic rings. The van der Waals surface area contributed by atoms with Crippen LogP contribution in [-0.2, 0) is 11.8 Å². The van der Waals surface area contributed by atoms with Gasteiger partial charge >= 0.3 is 0 Å². The molecule has 1 heterocycles. The smallest absolute Gasteiger partial charge is 0.103 e. The number of nitrogens with zero attached hydrogens (tertiary/aromatic N) is 1. The van der Waals surface area contributed by atoms with Gasteiger partial charge < -0.3 is 5.73 Å². The Morgan fingerprint density at radius 1 is 1.16 bits per heavy atom. The third kappa shape index (κ3) is 2.72. The van der Waals surface area contributed by atoms with Crippen molar-refractivity contribution < 1.29 is 0 Å². The van der Waals surface area contributed by atoms with Crippen molar-refractivity contribution in [2.24, 2.45) is 5.73 Å². The zero-order valence-electron chi connectivity index (χ0n) is 11.7. The van der Waals surface area contributed by atoms with Crippen LogP contribution in [0.2, 0.25) is 0 Å². The predicted octanol–water partition coefficient (Wildman–Crippen LogP) is 3.75. The Hall–Kier alpha value is -1.19. The summed E-state index contributed by atoms with van der Waals surface area (Å²) in [6, 6.07) is 10.7. The Bertz CT molecular complexity index is 500. The van der Waals surface area contributed by atoms with Crippen LogP contribution in [0.15, 0.2) is 35.7 Å². The minimum absolute atomic E-state index is 0.0543. The van der Waals surface area contributed by atoms with Gasteiger partial charge in [-0.3, -0.25) is 0 Å². The predicted molar refractivity (Wildman–Crippen MR) is 82.7 cm³/mol. The zero-order chi connectivity index (χ0) is 13.7. The summed E-state index contributed by atoms with van der Waals surface area (Å²) in [6.45, 7) is 5.17. The summed E-state index contributed by atoms with van der Waals surface area (Å²) < 4.78 is 0. The number of hydrogen-bond donors (Lipinski definition) is 1. The fourth-order valence-corrected chi connectivity index (χ4v) is 3.85. The molecule has 0 unspecified atom stereocenters. The summed E-state index contributed by atoms with van der Waals surface area (Å²) in [5, 5.41) is 3.39. The summed E-state index contributed by atoms with van der Waals surface area (Å²) in [6.07, 6.45) is 3.01. The molecule has 0 aliphatic carbocycles. The van der Waals surface area contributed by atoms with E-state index in [0.29, 0.717) is 6.54 Å². The molecule has 19 heavy (non-hydrogen) atoms. The molecular formula is C16H22N2S. The van der Waals surface area contributed by atoms with E-state index in [-0.39, 0.29) is 5.41 Å². The average molecular weight is 274 g/mol. The van der Waals surface area contributed by atoms with E-state index < -0.39 is 0 Å². The van der Waals surface area contributed by atoms with Crippen molar-refractivity contribution in [3.05, 3.63) is 52.0 Å². The van der Waals surface area contributed by atoms with Gasteiger partial charge in [0.15, 0.2) is 0 Å². The first-order chi connectivity index (χ1) is 9.26. The average Bonchev–Trinajstić information content (AvgIpc) is 2.92. The second kappa shape index (κ2) is 6.31. The number of benzene rings is 1. The second-order valence-corrected chi connectivity index (χ2v) is 5.70. The molecule has 0 saturated heterocycles. The Kier molecular flexibility index (Phi) is 4.72. The molecule has 1 aromatic carbocycles. The molecule has 0 aliphatic heterocycles. The molecule has 0 amide bonds. The molecule has 2 nitrogen and oxygen atoms in total. The van der Waals surface area contributed by atoms with Crippen LogP contribution in [0.1, 0.15) is 43.0 Å². The van der Waals surface area contributed by atoms with E-state index in [1.807, 2.05) is 0 Å². The van der Waals surface area contributed by atoms with E-state index in [4.69, 9.17) is 10.7 Å². The van der Waals surface area contributed by atoms with Crippen LogP contribution in [0.25, 0.3) is 0 Å². The summed E-state index contributed by atoms with van der Waals surface area (Å²) in [5.41, 5.74) is 8.17. The Labute approximate surface area is 119 Å². The van der Waals surface area contributed by atoms with Gasteiger partial charge in [0.25, 0.3) is 0 Å². The maximum Gasteiger partial charge on any atom is 0.103 e. The zero-order valence-corrected chi connectivity index (χ0v) is 12.5. The van der Waals surface area contributed by atoms with Crippen LogP contribution < -0.4 is 5.73 Å². The lowest BCUT2D eigenvalue weighted by Crippen LogP contribution is -2.26. The summed E-state index contributed by atoms with van der Waals surface area (Å²) in [5.74, 6) is 0. The van der Waals surface area contributed by atoms with Gasteiger partial charge in [-0.05, 0) is 24.9 Å². The van der Waals surface area contributed by atoms with E-state index >= 15 is 0 Å². The molecule has 0 aliphatic rings. The van der Waals surface area contributed by atoms with Gasteiger partial charge in [-0.15, -0.1) is 11.3 Å². The van der Waals surface area contributed by atoms with E-state index in [1.165, 1.54) is 10.6 Å². The van der Waals surface area contributed by atoms with E-state index in [1.54, 1.807) is 11.3 Å². The molecule has 0 spiro atoms. The minimum atomic E-state index is 0.0543.